The topological polar surface area (TPSA) is 82.9 Å². The van der Waals surface area contributed by atoms with Crippen LogP contribution in [0, 0.1) is 11.3 Å². The average Bonchev–Trinajstić information content (AvgIpc) is 2.87. The van der Waals surface area contributed by atoms with Crippen LogP contribution in [0.4, 0.5) is 0 Å². The molecule has 1 unspecified atom stereocenters. The molecule has 19 heavy (non-hydrogen) atoms. The van der Waals surface area contributed by atoms with Gasteiger partial charge in [0.1, 0.15) is 0 Å². The summed E-state index contributed by atoms with van der Waals surface area (Å²) in [6.07, 6.45) is 0.482. The van der Waals surface area contributed by atoms with Crippen molar-refractivity contribution in [2.45, 2.75) is 32.3 Å². The molecular weight excluding hydrogens is 242 g/mol. The molecule has 1 N–H and O–H groups in total. The van der Waals surface area contributed by atoms with Gasteiger partial charge in [0.25, 0.3) is 0 Å². The van der Waals surface area contributed by atoms with Crippen molar-refractivity contribution in [3.05, 3.63) is 35.7 Å². The summed E-state index contributed by atoms with van der Waals surface area (Å²) < 4.78 is 5.06. The average molecular weight is 257 g/mol. The van der Waals surface area contributed by atoms with Crippen LogP contribution < -0.4 is 0 Å². The van der Waals surface area contributed by atoms with Crippen LogP contribution in [0.5, 0.6) is 0 Å². The Morgan fingerprint density at radius 3 is 2.74 bits per heavy atom. The van der Waals surface area contributed by atoms with E-state index in [1.165, 1.54) is 5.56 Å². The molecular formula is C14H15N3O2. The van der Waals surface area contributed by atoms with Crippen LogP contribution in [0.25, 0.3) is 11.4 Å². The first kappa shape index (κ1) is 13.2. The summed E-state index contributed by atoms with van der Waals surface area (Å²) in [7, 11) is 0. The number of nitriles is 1. The number of hydrogen-bond acceptors (Lipinski definition) is 5. The second-order valence-corrected chi connectivity index (χ2v) is 4.28. The molecule has 0 amide bonds. The van der Waals surface area contributed by atoms with Gasteiger partial charge in [0.05, 0.1) is 25.0 Å². The highest BCUT2D eigenvalue weighted by atomic mass is 16.5. The Labute approximate surface area is 111 Å². The van der Waals surface area contributed by atoms with Crippen molar-refractivity contribution in [1.29, 1.82) is 5.26 Å². The molecule has 2 aromatic rings. The fourth-order valence-electron chi connectivity index (χ4n) is 1.72. The second kappa shape index (κ2) is 6.12. The zero-order chi connectivity index (χ0) is 13.7. The van der Waals surface area contributed by atoms with Crippen LogP contribution in [0.2, 0.25) is 0 Å². The maximum absolute atomic E-state index is 9.50. The first-order chi connectivity index (χ1) is 9.22. The zero-order valence-electron chi connectivity index (χ0n) is 10.7. The highest BCUT2D eigenvalue weighted by molar-refractivity contribution is 5.54. The van der Waals surface area contributed by atoms with Gasteiger partial charge >= 0.3 is 0 Å². The van der Waals surface area contributed by atoms with Gasteiger partial charge < -0.3 is 9.63 Å². The van der Waals surface area contributed by atoms with Crippen LogP contribution in [0.1, 0.15) is 24.8 Å². The Hall–Kier alpha value is -2.19. The summed E-state index contributed by atoms with van der Waals surface area (Å²) in [4.78, 5) is 4.21. The normalized spacial score (nSPS) is 12.1. The third-order valence-electron chi connectivity index (χ3n) is 2.83. The third-order valence-corrected chi connectivity index (χ3v) is 2.83. The predicted octanol–water partition coefficient (Wildman–Crippen LogP) is 2.12. The van der Waals surface area contributed by atoms with E-state index in [1.54, 1.807) is 0 Å². The van der Waals surface area contributed by atoms with Gasteiger partial charge in [-0.05, 0) is 12.0 Å². The molecule has 0 fully saturated rings. The van der Waals surface area contributed by atoms with E-state index in [0.717, 1.165) is 12.0 Å². The van der Waals surface area contributed by atoms with E-state index in [-0.39, 0.29) is 12.8 Å². The van der Waals surface area contributed by atoms with Crippen molar-refractivity contribution >= 4 is 0 Å². The van der Waals surface area contributed by atoms with Gasteiger partial charge in [-0.25, -0.2) is 0 Å². The highest BCUT2D eigenvalue weighted by Crippen LogP contribution is 2.17. The SMILES string of the molecule is CCc1ccc(-c2noc(CC(O)CC#N)n2)cc1. The van der Waals surface area contributed by atoms with Gasteiger partial charge in [-0.2, -0.15) is 10.2 Å². The van der Waals surface area contributed by atoms with Crippen molar-refractivity contribution < 1.29 is 9.63 Å². The molecule has 1 aromatic heterocycles. The van der Waals surface area contributed by atoms with E-state index in [9.17, 15) is 5.11 Å². The highest BCUT2D eigenvalue weighted by Gasteiger charge is 2.13. The Bertz CT molecular complexity index is 569. The van der Waals surface area contributed by atoms with Crippen LogP contribution >= 0.6 is 0 Å². The smallest absolute Gasteiger partial charge is 0.229 e. The number of aliphatic hydroxyl groups excluding tert-OH is 1. The number of hydrogen-bond donors (Lipinski definition) is 1. The van der Waals surface area contributed by atoms with Crippen LogP contribution in [0.3, 0.4) is 0 Å². The van der Waals surface area contributed by atoms with E-state index in [4.69, 9.17) is 9.78 Å². The number of aliphatic hydroxyl groups is 1. The van der Waals surface area contributed by atoms with E-state index < -0.39 is 6.10 Å². The summed E-state index contributed by atoms with van der Waals surface area (Å²) >= 11 is 0. The molecule has 0 saturated heterocycles. The quantitative estimate of drug-likeness (QED) is 0.887. The maximum Gasteiger partial charge on any atom is 0.229 e. The van der Waals surface area contributed by atoms with Gasteiger partial charge in [-0.3, -0.25) is 0 Å². The molecule has 5 heteroatoms. The van der Waals surface area contributed by atoms with E-state index in [2.05, 4.69) is 17.1 Å². The monoisotopic (exact) mass is 257 g/mol. The summed E-state index contributed by atoms with van der Waals surface area (Å²) in [6.45, 7) is 2.10. The Morgan fingerprint density at radius 1 is 1.37 bits per heavy atom. The fourth-order valence-corrected chi connectivity index (χ4v) is 1.72. The van der Waals surface area contributed by atoms with Crippen molar-refractivity contribution in [2.24, 2.45) is 0 Å². The van der Waals surface area contributed by atoms with Crippen molar-refractivity contribution in [3.8, 4) is 17.5 Å². The zero-order valence-corrected chi connectivity index (χ0v) is 10.7. The minimum atomic E-state index is -0.763. The van der Waals surface area contributed by atoms with Gasteiger partial charge in [-0.1, -0.05) is 36.3 Å². The third kappa shape index (κ3) is 3.39. The predicted molar refractivity (Wildman–Crippen MR) is 69.1 cm³/mol. The van der Waals surface area contributed by atoms with Crippen molar-refractivity contribution in [1.82, 2.24) is 10.1 Å². The van der Waals surface area contributed by atoms with Crippen molar-refractivity contribution in [3.63, 3.8) is 0 Å². The lowest BCUT2D eigenvalue weighted by Gasteiger charge is -2.00. The van der Waals surface area contributed by atoms with E-state index in [0.29, 0.717) is 11.7 Å². The molecule has 98 valence electrons. The van der Waals surface area contributed by atoms with Gasteiger partial charge in [0.2, 0.25) is 11.7 Å². The molecule has 0 aliphatic heterocycles. The molecule has 0 saturated carbocycles. The lowest BCUT2D eigenvalue weighted by Crippen LogP contribution is -2.09. The lowest BCUT2D eigenvalue weighted by atomic mass is 10.1. The molecule has 0 aliphatic rings. The summed E-state index contributed by atoms with van der Waals surface area (Å²) in [5, 5.41) is 21.8. The minimum absolute atomic E-state index is 0.0584. The number of benzene rings is 1. The summed E-state index contributed by atoms with van der Waals surface area (Å²) in [5.41, 5.74) is 2.12. The Kier molecular flexibility index (Phi) is 4.26. The van der Waals surface area contributed by atoms with Crippen LogP contribution in [0.15, 0.2) is 28.8 Å². The largest absolute Gasteiger partial charge is 0.392 e. The van der Waals surface area contributed by atoms with Gasteiger partial charge in [0.15, 0.2) is 0 Å². The summed E-state index contributed by atoms with van der Waals surface area (Å²) in [5.74, 6) is 0.846. The molecule has 0 spiro atoms. The number of rotatable bonds is 5. The number of aromatic nitrogens is 2. The molecule has 0 aliphatic carbocycles. The first-order valence-electron chi connectivity index (χ1n) is 6.19. The molecule has 2 rings (SSSR count). The van der Waals surface area contributed by atoms with Crippen LogP contribution in [-0.4, -0.2) is 21.4 Å². The molecule has 0 radical (unpaired) electrons. The Balaban J connectivity index is 2.09. The summed E-state index contributed by atoms with van der Waals surface area (Å²) in [6, 6.07) is 9.83. The van der Waals surface area contributed by atoms with Crippen LogP contribution in [-0.2, 0) is 12.8 Å². The number of aryl methyl sites for hydroxylation is 1. The maximum atomic E-state index is 9.50. The first-order valence-corrected chi connectivity index (χ1v) is 6.19. The molecule has 0 bridgehead atoms. The standard InChI is InChI=1S/C14H15N3O2/c1-2-10-3-5-11(6-4-10)14-16-13(19-17-14)9-12(18)7-8-15/h3-6,12,18H,2,7,9H2,1H3. The minimum Gasteiger partial charge on any atom is -0.392 e. The Morgan fingerprint density at radius 2 is 2.11 bits per heavy atom. The molecule has 1 heterocycles. The molecule has 1 atom stereocenters. The molecule has 5 nitrogen and oxygen atoms in total. The van der Waals surface area contributed by atoms with Gasteiger partial charge in [0, 0.05) is 5.56 Å². The fraction of sp³-hybridized carbons (Fsp3) is 0.357. The van der Waals surface area contributed by atoms with Crippen molar-refractivity contribution in [2.75, 3.05) is 0 Å². The van der Waals surface area contributed by atoms with Gasteiger partial charge in [-0.15, -0.1) is 0 Å². The molecule has 1 aromatic carbocycles. The lowest BCUT2D eigenvalue weighted by molar-refractivity contribution is 0.167. The van der Waals surface area contributed by atoms with E-state index in [1.807, 2.05) is 30.3 Å². The van der Waals surface area contributed by atoms with E-state index >= 15 is 0 Å². The number of nitrogens with zero attached hydrogens (tertiary/aromatic N) is 3. The second-order valence-electron chi connectivity index (χ2n) is 4.28.